The topological polar surface area (TPSA) is 90.3 Å². The Kier molecular flexibility index (Phi) is 5.95. The van der Waals surface area contributed by atoms with E-state index < -0.39 is 10.0 Å². The van der Waals surface area contributed by atoms with Crippen molar-refractivity contribution in [1.82, 2.24) is 5.32 Å². The quantitative estimate of drug-likeness (QED) is 0.811. The van der Waals surface area contributed by atoms with E-state index in [0.717, 1.165) is 11.1 Å². The molecule has 0 radical (unpaired) electrons. The van der Waals surface area contributed by atoms with Crippen LogP contribution in [0.5, 0.6) is 0 Å². The third kappa shape index (κ3) is 5.08. The van der Waals surface area contributed by atoms with Crippen molar-refractivity contribution < 1.29 is 13.2 Å². The van der Waals surface area contributed by atoms with Crippen molar-refractivity contribution >= 4 is 33.0 Å². The van der Waals surface area contributed by atoms with Crippen molar-refractivity contribution in [3.63, 3.8) is 0 Å². The number of sulfonamides is 1. The number of nitrogens with one attached hydrogen (secondary N) is 1. The Hall–Kier alpha value is -2.37. The van der Waals surface area contributed by atoms with Crippen molar-refractivity contribution in [3.8, 4) is 6.07 Å². The fraction of sp³-hybridized carbons (Fsp3) is 0.250. The molecule has 2 rings (SSSR count). The van der Waals surface area contributed by atoms with E-state index in [1.807, 2.05) is 23.6 Å². The van der Waals surface area contributed by atoms with E-state index in [9.17, 15) is 13.2 Å². The fourth-order valence-corrected chi connectivity index (χ4v) is 3.77. The monoisotopic (exact) mass is 363 g/mol. The highest BCUT2D eigenvalue weighted by molar-refractivity contribution is 7.92. The van der Waals surface area contributed by atoms with Crippen LogP contribution < -0.4 is 9.62 Å². The molecule has 0 aliphatic carbocycles. The zero-order valence-electron chi connectivity index (χ0n) is 13.1. The lowest BCUT2D eigenvalue weighted by molar-refractivity contribution is -0.120. The smallest absolute Gasteiger partial charge is 0.232 e. The maximum Gasteiger partial charge on any atom is 0.232 e. The molecule has 0 aliphatic rings. The number of hydrogen-bond acceptors (Lipinski definition) is 5. The van der Waals surface area contributed by atoms with Gasteiger partial charge in [0.05, 0.1) is 36.5 Å². The highest BCUT2D eigenvalue weighted by Gasteiger charge is 2.17. The molecule has 0 fully saturated rings. The standard InChI is InChI=1S/C16H17N3O3S2/c1-24(21,22)19(14-5-2-4-13(10-14)12-17)8-7-18-16(20)11-15-6-3-9-23-15/h2-6,9-10H,7-8,11H2,1H3,(H,18,20). The summed E-state index contributed by atoms with van der Waals surface area (Å²) in [6.07, 6.45) is 1.37. The van der Waals surface area contributed by atoms with Gasteiger partial charge in [-0.3, -0.25) is 9.10 Å². The van der Waals surface area contributed by atoms with Gasteiger partial charge in [-0.05, 0) is 29.6 Å². The molecule has 1 heterocycles. The molecule has 1 aromatic heterocycles. The Morgan fingerprint density at radius 3 is 2.75 bits per heavy atom. The first-order valence-corrected chi connectivity index (χ1v) is 9.90. The summed E-state index contributed by atoms with van der Waals surface area (Å²) in [6.45, 7) is 0.290. The molecule has 1 aromatic carbocycles. The predicted molar refractivity (Wildman–Crippen MR) is 94.4 cm³/mol. The Morgan fingerprint density at radius 1 is 1.33 bits per heavy atom. The van der Waals surface area contributed by atoms with E-state index >= 15 is 0 Å². The van der Waals surface area contributed by atoms with Gasteiger partial charge in [0, 0.05) is 11.4 Å². The van der Waals surface area contributed by atoms with Crippen LogP contribution in [0.1, 0.15) is 10.4 Å². The molecule has 126 valence electrons. The molecule has 2 aromatic rings. The van der Waals surface area contributed by atoms with Crippen LogP contribution in [0.4, 0.5) is 5.69 Å². The van der Waals surface area contributed by atoms with E-state index in [1.165, 1.54) is 21.7 Å². The summed E-state index contributed by atoms with van der Waals surface area (Å²) >= 11 is 1.50. The van der Waals surface area contributed by atoms with Gasteiger partial charge in [-0.1, -0.05) is 12.1 Å². The van der Waals surface area contributed by atoms with E-state index in [2.05, 4.69) is 5.32 Å². The molecule has 0 spiro atoms. The molecule has 1 N–H and O–H groups in total. The van der Waals surface area contributed by atoms with Crippen LogP contribution in [-0.4, -0.2) is 33.7 Å². The third-order valence-electron chi connectivity index (χ3n) is 3.22. The van der Waals surface area contributed by atoms with Gasteiger partial charge >= 0.3 is 0 Å². The molecular formula is C16H17N3O3S2. The molecule has 1 amide bonds. The third-order valence-corrected chi connectivity index (χ3v) is 5.29. The number of carbonyl (C=O) groups is 1. The van der Waals surface area contributed by atoms with Crippen LogP contribution in [0.3, 0.4) is 0 Å². The van der Waals surface area contributed by atoms with Crippen molar-refractivity contribution in [1.29, 1.82) is 5.26 Å². The Labute approximate surface area is 145 Å². The fourth-order valence-electron chi connectivity index (χ4n) is 2.15. The molecule has 0 aliphatic heterocycles. The number of thiophene rings is 1. The van der Waals surface area contributed by atoms with Crippen molar-refractivity contribution in [3.05, 3.63) is 52.2 Å². The summed E-state index contributed by atoms with van der Waals surface area (Å²) in [7, 11) is -3.52. The minimum atomic E-state index is -3.52. The van der Waals surface area contributed by atoms with Crippen LogP contribution >= 0.6 is 11.3 Å². The number of amides is 1. The van der Waals surface area contributed by atoms with Gasteiger partial charge < -0.3 is 5.32 Å². The van der Waals surface area contributed by atoms with Gasteiger partial charge in [0.15, 0.2) is 0 Å². The molecule has 6 nitrogen and oxygen atoms in total. The van der Waals surface area contributed by atoms with Gasteiger partial charge in [0.25, 0.3) is 0 Å². The normalized spacial score (nSPS) is 10.8. The number of nitriles is 1. The van der Waals surface area contributed by atoms with Crippen LogP contribution in [0.2, 0.25) is 0 Å². The molecular weight excluding hydrogens is 346 g/mol. The number of benzene rings is 1. The number of carbonyl (C=O) groups excluding carboxylic acids is 1. The lowest BCUT2D eigenvalue weighted by Gasteiger charge is -2.22. The summed E-state index contributed by atoms with van der Waals surface area (Å²) in [4.78, 5) is 12.8. The van der Waals surface area contributed by atoms with Gasteiger partial charge in [0.1, 0.15) is 0 Å². The Bertz CT molecular complexity index is 840. The van der Waals surface area contributed by atoms with E-state index in [4.69, 9.17) is 5.26 Å². The van der Waals surface area contributed by atoms with Crippen molar-refractivity contribution in [2.45, 2.75) is 6.42 Å². The second-order valence-electron chi connectivity index (χ2n) is 5.10. The van der Waals surface area contributed by atoms with Gasteiger partial charge in [-0.15, -0.1) is 11.3 Å². The summed E-state index contributed by atoms with van der Waals surface area (Å²) in [5.41, 5.74) is 0.784. The van der Waals surface area contributed by atoms with E-state index in [0.29, 0.717) is 11.3 Å². The molecule has 0 bridgehead atoms. The molecule has 8 heteroatoms. The van der Waals surface area contributed by atoms with Crippen LogP contribution in [0, 0.1) is 11.3 Å². The van der Waals surface area contributed by atoms with Crippen molar-refractivity contribution in [2.75, 3.05) is 23.7 Å². The summed E-state index contributed by atoms with van der Waals surface area (Å²) in [5, 5.41) is 13.6. The highest BCUT2D eigenvalue weighted by Crippen LogP contribution is 2.18. The zero-order chi connectivity index (χ0) is 17.6. The molecule has 0 unspecified atom stereocenters. The lowest BCUT2D eigenvalue weighted by atomic mass is 10.2. The van der Waals surface area contributed by atoms with Crippen LogP contribution in [-0.2, 0) is 21.2 Å². The first-order chi connectivity index (χ1) is 11.4. The lowest BCUT2D eigenvalue weighted by Crippen LogP contribution is -2.38. The van der Waals surface area contributed by atoms with Crippen molar-refractivity contribution in [2.24, 2.45) is 0 Å². The first-order valence-electron chi connectivity index (χ1n) is 7.17. The molecule has 0 saturated carbocycles. The predicted octanol–water partition coefficient (Wildman–Crippen LogP) is 1.74. The molecule has 0 atom stereocenters. The number of nitrogens with zero attached hydrogens (tertiary/aromatic N) is 2. The number of rotatable bonds is 7. The van der Waals surface area contributed by atoms with Crippen LogP contribution in [0.15, 0.2) is 41.8 Å². The van der Waals surface area contributed by atoms with Gasteiger partial charge in [-0.2, -0.15) is 5.26 Å². The second kappa shape index (κ2) is 7.95. The van der Waals surface area contributed by atoms with Gasteiger partial charge in [-0.25, -0.2) is 8.42 Å². The maximum absolute atomic E-state index is 12.0. The number of hydrogen-bond donors (Lipinski definition) is 1. The maximum atomic E-state index is 12.0. The zero-order valence-corrected chi connectivity index (χ0v) is 14.7. The molecule has 24 heavy (non-hydrogen) atoms. The second-order valence-corrected chi connectivity index (χ2v) is 8.04. The van der Waals surface area contributed by atoms with E-state index in [-0.39, 0.29) is 25.4 Å². The average Bonchev–Trinajstić information content (AvgIpc) is 3.03. The van der Waals surface area contributed by atoms with Crippen LogP contribution in [0.25, 0.3) is 0 Å². The average molecular weight is 363 g/mol. The largest absolute Gasteiger partial charge is 0.354 e. The Morgan fingerprint density at radius 2 is 2.12 bits per heavy atom. The summed E-state index contributed by atoms with van der Waals surface area (Å²) in [5.74, 6) is -0.156. The Balaban J connectivity index is 2.00. The minimum Gasteiger partial charge on any atom is -0.354 e. The summed E-state index contributed by atoms with van der Waals surface area (Å²) < 4.78 is 25.2. The SMILES string of the molecule is CS(=O)(=O)N(CCNC(=O)Cc1cccs1)c1cccc(C#N)c1. The number of anilines is 1. The summed E-state index contributed by atoms with van der Waals surface area (Å²) in [6, 6.07) is 12.1. The molecule has 0 saturated heterocycles. The van der Waals surface area contributed by atoms with E-state index in [1.54, 1.807) is 18.2 Å². The highest BCUT2D eigenvalue weighted by atomic mass is 32.2. The van der Waals surface area contributed by atoms with Gasteiger partial charge in [0.2, 0.25) is 15.9 Å². The minimum absolute atomic E-state index is 0.101. The first kappa shape index (κ1) is 18.0.